The number of anilines is 1. The van der Waals surface area contributed by atoms with E-state index in [2.05, 4.69) is 10.3 Å². The number of hydrogen-bond acceptors (Lipinski definition) is 4. The standard InChI is InChI=1S/C13H19N3O3S/c1-7(2)9-6-20-12(14-9)15-13(19)16-5-4-8(3)10(16)11(17)18/h6-8,10H,4-5H2,1-3H3,(H,17,18)(H,14,15,19). The number of carboxylic acid groups (broad SMARTS) is 1. The fourth-order valence-electron chi connectivity index (χ4n) is 2.32. The highest BCUT2D eigenvalue weighted by molar-refractivity contribution is 7.13. The van der Waals surface area contributed by atoms with E-state index in [0.29, 0.717) is 24.0 Å². The molecule has 1 fully saturated rings. The zero-order chi connectivity index (χ0) is 14.9. The summed E-state index contributed by atoms with van der Waals surface area (Å²) in [6, 6.07) is -1.13. The number of rotatable bonds is 3. The topological polar surface area (TPSA) is 82.5 Å². The summed E-state index contributed by atoms with van der Waals surface area (Å²) in [6.45, 7) is 6.38. The van der Waals surface area contributed by atoms with Crippen molar-refractivity contribution in [2.24, 2.45) is 5.92 Å². The predicted molar refractivity (Wildman–Crippen MR) is 77.1 cm³/mol. The molecule has 2 amide bonds. The summed E-state index contributed by atoms with van der Waals surface area (Å²) in [6.07, 6.45) is 0.708. The molecular weight excluding hydrogens is 278 g/mol. The minimum absolute atomic E-state index is 0.0271. The number of urea groups is 1. The highest BCUT2D eigenvalue weighted by Gasteiger charge is 2.39. The first-order chi connectivity index (χ1) is 9.40. The van der Waals surface area contributed by atoms with E-state index >= 15 is 0 Å². The van der Waals surface area contributed by atoms with Crippen LogP contribution in [0, 0.1) is 5.92 Å². The maximum Gasteiger partial charge on any atom is 0.326 e. The Hall–Kier alpha value is -1.63. The molecule has 1 aromatic rings. The third-order valence-electron chi connectivity index (χ3n) is 3.54. The quantitative estimate of drug-likeness (QED) is 0.898. The molecule has 0 saturated carbocycles. The molecule has 1 aliphatic rings. The molecule has 0 aromatic carbocycles. The number of hydrogen-bond donors (Lipinski definition) is 2. The highest BCUT2D eigenvalue weighted by atomic mass is 32.1. The van der Waals surface area contributed by atoms with Gasteiger partial charge in [-0.2, -0.15) is 0 Å². The maximum atomic E-state index is 12.2. The Labute approximate surface area is 121 Å². The number of nitrogens with one attached hydrogen (secondary N) is 1. The van der Waals surface area contributed by atoms with Crippen LogP contribution < -0.4 is 5.32 Å². The summed E-state index contributed by atoms with van der Waals surface area (Å²) in [5, 5.41) is 14.3. The Morgan fingerprint density at radius 3 is 2.80 bits per heavy atom. The van der Waals surface area contributed by atoms with Gasteiger partial charge in [-0.25, -0.2) is 14.6 Å². The van der Waals surface area contributed by atoms with Gasteiger partial charge in [0.15, 0.2) is 5.13 Å². The average molecular weight is 297 g/mol. The fourth-order valence-corrected chi connectivity index (χ4v) is 3.19. The molecule has 20 heavy (non-hydrogen) atoms. The van der Waals surface area contributed by atoms with Crippen molar-refractivity contribution in [3.05, 3.63) is 11.1 Å². The monoisotopic (exact) mass is 297 g/mol. The molecule has 2 rings (SSSR count). The van der Waals surface area contributed by atoms with Gasteiger partial charge in [0, 0.05) is 11.9 Å². The first kappa shape index (κ1) is 14.8. The molecule has 0 spiro atoms. The van der Waals surface area contributed by atoms with Crippen molar-refractivity contribution in [3.63, 3.8) is 0 Å². The van der Waals surface area contributed by atoms with E-state index in [0.717, 1.165) is 5.69 Å². The minimum atomic E-state index is -0.952. The second kappa shape index (κ2) is 5.78. The Balaban J connectivity index is 2.05. The van der Waals surface area contributed by atoms with Gasteiger partial charge in [-0.05, 0) is 18.3 Å². The predicted octanol–water partition coefficient (Wildman–Crippen LogP) is 2.59. The van der Waals surface area contributed by atoms with Crippen LogP contribution in [0.5, 0.6) is 0 Å². The summed E-state index contributed by atoms with van der Waals surface area (Å²) in [5.74, 6) is -0.677. The molecule has 7 heteroatoms. The third kappa shape index (κ3) is 2.92. The first-order valence-corrected chi connectivity index (χ1v) is 7.54. The number of thiazole rings is 1. The van der Waals surface area contributed by atoms with Gasteiger partial charge < -0.3 is 10.0 Å². The van der Waals surface area contributed by atoms with Crippen molar-refractivity contribution in [3.8, 4) is 0 Å². The van der Waals surface area contributed by atoms with Crippen molar-refractivity contribution in [2.75, 3.05) is 11.9 Å². The van der Waals surface area contributed by atoms with Gasteiger partial charge in [0.05, 0.1) is 5.69 Å². The van der Waals surface area contributed by atoms with Crippen LogP contribution >= 0.6 is 11.3 Å². The molecule has 0 bridgehead atoms. The Morgan fingerprint density at radius 2 is 2.25 bits per heavy atom. The number of carbonyl (C=O) groups is 2. The lowest BCUT2D eigenvalue weighted by Crippen LogP contribution is -2.44. The van der Waals surface area contributed by atoms with Crippen LogP contribution in [0.3, 0.4) is 0 Å². The van der Waals surface area contributed by atoms with Crippen molar-refractivity contribution in [1.29, 1.82) is 0 Å². The Kier molecular flexibility index (Phi) is 4.27. The molecule has 2 N–H and O–H groups in total. The smallest absolute Gasteiger partial charge is 0.326 e. The van der Waals surface area contributed by atoms with Gasteiger partial charge in [-0.3, -0.25) is 5.32 Å². The molecule has 1 saturated heterocycles. The number of amides is 2. The maximum absolute atomic E-state index is 12.2. The lowest BCUT2D eigenvalue weighted by atomic mass is 10.0. The number of carbonyl (C=O) groups excluding carboxylic acids is 1. The molecular formula is C13H19N3O3S. The SMILES string of the molecule is CC(C)c1csc(NC(=O)N2CCC(C)C2C(=O)O)n1. The number of aliphatic carboxylic acids is 1. The fraction of sp³-hybridized carbons (Fsp3) is 0.615. The Morgan fingerprint density at radius 1 is 1.55 bits per heavy atom. The zero-order valence-electron chi connectivity index (χ0n) is 11.8. The van der Waals surface area contributed by atoms with E-state index in [1.165, 1.54) is 16.2 Å². The van der Waals surface area contributed by atoms with Crippen LogP contribution in [0.2, 0.25) is 0 Å². The van der Waals surface area contributed by atoms with Gasteiger partial charge in [-0.1, -0.05) is 20.8 Å². The molecule has 2 unspecified atom stereocenters. The van der Waals surface area contributed by atoms with E-state index < -0.39 is 12.0 Å². The second-order valence-electron chi connectivity index (χ2n) is 5.40. The molecule has 0 radical (unpaired) electrons. The molecule has 110 valence electrons. The average Bonchev–Trinajstić information content (AvgIpc) is 2.95. The lowest BCUT2D eigenvalue weighted by molar-refractivity contribution is -0.142. The highest BCUT2D eigenvalue weighted by Crippen LogP contribution is 2.26. The molecule has 1 aliphatic heterocycles. The summed E-state index contributed by atoms with van der Waals surface area (Å²) >= 11 is 1.36. The zero-order valence-corrected chi connectivity index (χ0v) is 12.6. The minimum Gasteiger partial charge on any atom is -0.480 e. The van der Waals surface area contributed by atoms with Gasteiger partial charge in [0.1, 0.15) is 6.04 Å². The number of aromatic nitrogens is 1. The van der Waals surface area contributed by atoms with Crippen LogP contribution in [0.25, 0.3) is 0 Å². The van der Waals surface area contributed by atoms with Crippen LogP contribution in [-0.2, 0) is 4.79 Å². The summed E-state index contributed by atoms with van der Waals surface area (Å²) in [7, 11) is 0. The molecule has 6 nitrogen and oxygen atoms in total. The molecule has 0 aliphatic carbocycles. The van der Waals surface area contributed by atoms with E-state index in [4.69, 9.17) is 0 Å². The second-order valence-corrected chi connectivity index (χ2v) is 6.26. The number of likely N-dealkylation sites (tertiary alicyclic amines) is 1. The molecule has 2 atom stereocenters. The number of carboxylic acids is 1. The molecule has 2 heterocycles. The van der Waals surface area contributed by atoms with Gasteiger partial charge in [0.25, 0.3) is 0 Å². The largest absolute Gasteiger partial charge is 0.480 e. The van der Waals surface area contributed by atoms with Crippen LogP contribution in [0.4, 0.5) is 9.93 Å². The van der Waals surface area contributed by atoms with Crippen LogP contribution in [0.15, 0.2) is 5.38 Å². The van der Waals surface area contributed by atoms with Crippen LogP contribution in [-0.4, -0.2) is 39.6 Å². The van der Waals surface area contributed by atoms with Gasteiger partial charge >= 0.3 is 12.0 Å². The van der Waals surface area contributed by atoms with Crippen molar-refractivity contribution >= 4 is 28.5 Å². The van der Waals surface area contributed by atoms with E-state index in [9.17, 15) is 14.7 Å². The summed E-state index contributed by atoms with van der Waals surface area (Å²) < 4.78 is 0. The van der Waals surface area contributed by atoms with E-state index in [-0.39, 0.29) is 11.9 Å². The lowest BCUT2D eigenvalue weighted by Gasteiger charge is -2.22. The summed E-state index contributed by atoms with van der Waals surface area (Å²) in [4.78, 5) is 29.1. The number of nitrogens with zero attached hydrogens (tertiary/aromatic N) is 2. The van der Waals surface area contributed by atoms with E-state index in [1.807, 2.05) is 26.2 Å². The third-order valence-corrected chi connectivity index (χ3v) is 4.32. The van der Waals surface area contributed by atoms with Gasteiger partial charge in [0.2, 0.25) is 0 Å². The first-order valence-electron chi connectivity index (χ1n) is 6.66. The van der Waals surface area contributed by atoms with Crippen molar-refractivity contribution in [2.45, 2.75) is 39.2 Å². The van der Waals surface area contributed by atoms with Gasteiger partial charge in [-0.15, -0.1) is 11.3 Å². The van der Waals surface area contributed by atoms with Crippen molar-refractivity contribution < 1.29 is 14.7 Å². The van der Waals surface area contributed by atoms with Crippen LogP contribution in [0.1, 0.15) is 38.8 Å². The van der Waals surface area contributed by atoms with E-state index in [1.54, 1.807) is 0 Å². The molecule has 1 aromatic heterocycles. The normalized spacial score (nSPS) is 22.3. The Bertz CT molecular complexity index is 515. The van der Waals surface area contributed by atoms with Crippen molar-refractivity contribution in [1.82, 2.24) is 9.88 Å². The summed E-state index contributed by atoms with van der Waals surface area (Å²) in [5.41, 5.74) is 0.926.